The Bertz CT molecular complexity index is 616. The summed E-state index contributed by atoms with van der Waals surface area (Å²) in [5.41, 5.74) is 0.785. The number of carbonyl (C=O) groups excluding carboxylic acids is 1. The van der Waals surface area contributed by atoms with Crippen LogP contribution in [0.3, 0.4) is 0 Å². The SMILES string of the molecule is CC(NC(=O)c1ccc(Cl)s1)c1ccc(OC(F)F)cc1. The van der Waals surface area contributed by atoms with Crippen molar-refractivity contribution >= 4 is 28.8 Å². The van der Waals surface area contributed by atoms with Crippen molar-refractivity contribution in [2.24, 2.45) is 0 Å². The molecule has 1 N–H and O–H groups in total. The fraction of sp³-hybridized carbons (Fsp3) is 0.214. The average Bonchev–Trinajstić information content (AvgIpc) is 2.85. The fourth-order valence-corrected chi connectivity index (χ4v) is 2.67. The molecule has 0 bridgehead atoms. The van der Waals surface area contributed by atoms with Crippen molar-refractivity contribution in [1.82, 2.24) is 5.32 Å². The first kappa shape index (κ1) is 15.7. The molecule has 0 fully saturated rings. The number of rotatable bonds is 5. The Balaban J connectivity index is 1.99. The number of carbonyl (C=O) groups is 1. The molecule has 0 saturated heterocycles. The third-order valence-corrected chi connectivity index (χ3v) is 3.98. The van der Waals surface area contributed by atoms with E-state index in [4.69, 9.17) is 11.6 Å². The van der Waals surface area contributed by atoms with Gasteiger partial charge in [0.25, 0.3) is 5.91 Å². The van der Waals surface area contributed by atoms with Gasteiger partial charge in [-0.3, -0.25) is 4.79 Å². The Labute approximate surface area is 129 Å². The Morgan fingerprint density at radius 1 is 1.24 bits per heavy atom. The molecule has 2 rings (SSSR count). The van der Waals surface area contributed by atoms with Crippen LogP contribution < -0.4 is 10.1 Å². The van der Waals surface area contributed by atoms with Crippen LogP contribution >= 0.6 is 22.9 Å². The predicted octanol–water partition coefficient (Wildman–Crippen LogP) is 4.49. The second-order valence-corrected chi connectivity index (χ2v) is 5.96. The molecule has 21 heavy (non-hydrogen) atoms. The molecule has 2 aromatic rings. The molecule has 1 atom stereocenters. The standard InChI is InChI=1S/C14H12ClF2NO2S/c1-8(18-13(19)11-6-7-12(15)21-11)9-2-4-10(5-3-9)20-14(16)17/h2-8,14H,1H3,(H,18,19). The minimum Gasteiger partial charge on any atom is -0.435 e. The number of hydrogen-bond donors (Lipinski definition) is 1. The summed E-state index contributed by atoms with van der Waals surface area (Å²) in [7, 11) is 0. The highest BCUT2D eigenvalue weighted by atomic mass is 35.5. The van der Waals surface area contributed by atoms with Crippen molar-refractivity contribution < 1.29 is 18.3 Å². The van der Waals surface area contributed by atoms with Crippen LogP contribution in [-0.2, 0) is 0 Å². The van der Waals surface area contributed by atoms with Gasteiger partial charge in [0.2, 0.25) is 0 Å². The van der Waals surface area contributed by atoms with Gasteiger partial charge in [-0.15, -0.1) is 11.3 Å². The normalized spacial score (nSPS) is 12.2. The van der Waals surface area contributed by atoms with Crippen LogP contribution in [0.4, 0.5) is 8.78 Å². The van der Waals surface area contributed by atoms with Gasteiger partial charge < -0.3 is 10.1 Å². The number of thiophene rings is 1. The molecule has 1 heterocycles. The smallest absolute Gasteiger partial charge is 0.387 e. The fourth-order valence-electron chi connectivity index (χ4n) is 1.73. The van der Waals surface area contributed by atoms with Crippen molar-refractivity contribution in [3.8, 4) is 5.75 Å². The number of ether oxygens (including phenoxy) is 1. The molecule has 0 aliphatic rings. The second-order valence-electron chi connectivity index (χ2n) is 4.25. The van der Waals surface area contributed by atoms with Crippen molar-refractivity contribution in [2.75, 3.05) is 0 Å². The highest BCUT2D eigenvalue weighted by molar-refractivity contribution is 7.17. The highest BCUT2D eigenvalue weighted by Crippen LogP contribution is 2.23. The van der Waals surface area contributed by atoms with Gasteiger partial charge in [-0.1, -0.05) is 23.7 Å². The summed E-state index contributed by atoms with van der Waals surface area (Å²) in [4.78, 5) is 12.5. The molecule has 0 saturated carbocycles. The van der Waals surface area contributed by atoms with Gasteiger partial charge in [-0.05, 0) is 36.8 Å². The van der Waals surface area contributed by atoms with E-state index in [9.17, 15) is 13.6 Å². The molecular weight excluding hydrogens is 320 g/mol. The van der Waals surface area contributed by atoms with E-state index in [2.05, 4.69) is 10.1 Å². The monoisotopic (exact) mass is 331 g/mol. The van der Waals surface area contributed by atoms with E-state index in [0.717, 1.165) is 5.56 Å². The highest BCUT2D eigenvalue weighted by Gasteiger charge is 2.13. The van der Waals surface area contributed by atoms with Gasteiger partial charge in [0.1, 0.15) is 5.75 Å². The molecule has 1 unspecified atom stereocenters. The third kappa shape index (κ3) is 4.41. The molecule has 0 spiro atoms. The van der Waals surface area contributed by atoms with Crippen LogP contribution in [0, 0.1) is 0 Å². The maximum absolute atomic E-state index is 12.1. The predicted molar refractivity (Wildman–Crippen MR) is 78.3 cm³/mol. The first-order valence-electron chi connectivity index (χ1n) is 6.06. The lowest BCUT2D eigenvalue weighted by Gasteiger charge is -2.14. The van der Waals surface area contributed by atoms with Crippen molar-refractivity contribution in [3.05, 3.63) is 51.2 Å². The van der Waals surface area contributed by atoms with Crippen LogP contribution in [0.25, 0.3) is 0 Å². The van der Waals surface area contributed by atoms with Crippen LogP contribution in [0.2, 0.25) is 4.34 Å². The van der Waals surface area contributed by atoms with E-state index in [1.54, 1.807) is 31.2 Å². The number of benzene rings is 1. The van der Waals surface area contributed by atoms with Gasteiger partial charge in [0.05, 0.1) is 15.3 Å². The number of halogens is 3. The van der Waals surface area contributed by atoms with E-state index >= 15 is 0 Å². The molecule has 0 aliphatic heterocycles. The van der Waals surface area contributed by atoms with Crippen molar-refractivity contribution in [1.29, 1.82) is 0 Å². The maximum Gasteiger partial charge on any atom is 0.387 e. The largest absolute Gasteiger partial charge is 0.435 e. The van der Waals surface area contributed by atoms with Gasteiger partial charge in [-0.25, -0.2) is 0 Å². The average molecular weight is 332 g/mol. The number of nitrogens with one attached hydrogen (secondary N) is 1. The molecule has 112 valence electrons. The first-order valence-corrected chi connectivity index (χ1v) is 7.26. The van der Waals surface area contributed by atoms with E-state index in [0.29, 0.717) is 9.21 Å². The van der Waals surface area contributed by atoms with Crippen molar-refractivity contribution in [2.45, 2.75) is 19.6 Å². The molecule has 1 amide bonds. The molecule has 3 nitrogen and oxygen atoms in total. The van der Waals surface area contributed by atoms with E-state index in [-0.39, 0.29) is 17.7 Å². The van der Waals surface area contributed by atoms with E-state index in [1.165, 1.54) is 23.5 Å². The summed E-state index contributed by atoms with van der Waals surface area (Å²) < 4.78 is 28.9. The lowest BCUT2D eigenvalue weighted by atomic mass is 10.1. The Morgan fingerprint density at radius 2 is 1.90 bits per heavy atom. The van der Waals surface area contributed by atoms with Crippen LogP contribution in [0.1, 0.15) is 28.2 Å². The summed E-state index contributed by atoms with van der Waals surface area (Å²) in [6.45, 7) is -1.05. The third-order valence-electron chi connectivity index (χ3n) is 2.75. The number of amides is 1. The zero-order chi connectivity index (χ0) is 15.4. The molecule has 7 heteroatoms. The summed E-state index contributed by atoms with van der Waals surface area (Å²) >= 11 is 6.97. The molecule has 1 aromatic heterocycles. The summed E-state index contributed by atoms with van der Waals surface area (Å²) in [5, 5.41) is 2.81. The zero-order valence-corrected chi connectivity index (χ0v) is 12.5. The topological polar surface area (TPSA) is 38.3 Å². The van der Waals surface area contributed by atoms with Crippen molar-refractivity contribution in [3.63, 3.8) is 0 Å². The number of alkyl halides is 2. The van der Waals surface area contributed by atoms with Gasteiger partial charge in [0, 0.05) is 0 Å². The minimum absolute atomic E-state index is 0.0808. The quantitative estimate of drug-likeness (QED) is 0.876. The summed E-state index contributed by atoms with van der Waals surface area (Å²) in [6, 6.07) is 9.17. The Hall–Kier alpha value is -1.66. The first-order chi connectivity index (χ1) is 9.95. The zero-order valence-electron chi connectivity index (χ0n) is 11.0. The van der Waals surface area contributed by atoms with Crippen LogP contribution in [0.15, 0.2) is 36.4 Å². The Kier molecular flexibility index (Phi) is 5.14. The van der Waals surface area contributed by atoms with Gasteiger partial charge in [-0.2, -0.15) is 8.78 Å². The molecular formula is C14H12ClF2NO2S. The maximum atomic E-state index is 12.1. The molecule has 0 radical (unpaired) electrons. The summed E-state index contributed by atoms with van der Waals surface area (Å²) in [6.07, 6.45) is 0. The van der Waals surface area contributed by atoms with Crippen LogP contribution in [0.5, 0.6) is 5.75 Å². The molecule has 1 aromatic carbocycles. The summed E-state index contributed by atoms with van der Waals surface area (Å²) in [5.74, 6) is -0.148. The van der Waals surface area contributed by atoms with E-state index in [1.807, 2.05) is 0 Å². The Morgan fingerprint density at radius 3 is 2.43 bits per heavy atom. The number of hydrogen-bond acceptors (Lipinski definition) is 3. The lowest BCUT2D eigenvalue weighted by molar-refractivity contribution is -0.0498. The second kappa shape index (κ2) is 6.87. The van der Waals surface area contributed by atoms with E-state index < -0.39 is 6.61 Å². The van der Waals surface area contributed by atoms with Crippen LogP contribution in [-0.4, -0.2) is 12.5 Å². The van der Waals surface area contributed by atoms with Gasteiger partial charge >= 0.3 is 6.61 Å². The molecule has 0 aliphatic carbocycles. The van der Waals surface area contributed by atoms with Gasteiger partial charge in [0.15, 0.2) is 0 Å². The lowest BCUT2D eigenvalue weighted by Crippen LogP contribution is -2.25. The minimum atomic E-state index is -2.85.